The third-order valence-corrected chi connectivity index (χ3v) is 5.55. The van der Waals surface area contributed by atoms with Crippen molar-refractivity contribution >= 4 is 28.3 Å². The van der Waals surface area contributed by atoms with Crippen LogP contribution in [-0.2, 0) is 5.54 Å². The van der Waals surface area contributed by atoms with Crippen LogP contribution in [0.2, 0.25) is 0 Å². The molecule has 1 aliphatic rings. The van der Waals surface area contributed by atoms with Crippen LogP contribution in [0.5, 0.6) is 6.01 Å². The van der Waals surface area contributed by atoms with Crippen molar-refractivity contribution < 1.29 is 9.53 Å². The molecule has 2 N–H and O–H groups in total. The first-order chi connectivity index (χ1) is 15.2. The summed E-state index contributed by atoms with van der Waals surface area (Å²) in [5, 5.41) is 11.7. The number of carbonyl (C=O) groups is 1. The van der Waals surface area contributed by atoms with Gasteiger partial charge in [-0.25, -0.2) is 4.98 Å². The number of methoxy groups -OCH3 is 1. The second-order valence-corrected chi connectivity index (χ2v) is 9.40. The largest absolute Gasteiger partial charge is 0.467 e. The van der Waals surface area contributed by atoms with Gasteiger partial charge in [-0.1, -0.05) is 0 Å². The lowest BCUT2D eigenvalue weighted by Gasteiger charge is -2.38. The Labute approximate surface area is 188 Å². The second kappa shape index (κ2) is 8.38. The van der Waals surface area contributed by atoms with Gasteiger partial charge in [0.2, 0.25) is 0 Å². The number of ether oxygens (including phenoxy) is 1. The number of piperazine rings is 1. The molecule has 0 radical (unpaired) electrons. The first kappa shape index (κ1) is 22.0. The van der Waals surface area contributed by atoms with Crippen molar-refractivity contribution in [2.24, 2.45) is 0 Å². The van der Waals surface area contributed by atoms with E-state index >= 15 is 0 Å². The van der Waals surface area contributed by atoms with Crippen LogP contribution in [0.4, 0.5) is 11.5 Å². The fourth-order valence-electron chi connectivity index (χ4n) is 4.12. The normalized spacial score (nSPS) is 19.2. The van der Waals surface area contributed by atoms with Crippen molar-refractivity contribution in [3.8, 4) is 6.01 Å². The first-order valence-corrected chi connectivity index (χ1v) is 10.9. The minimum Gasteiger partial charge on any atom is -0.467 e. The standard InChI is InChI=1S/C23H31N7O2/c1-14-12-29(13-15(2)25-14)18-8-7-16(20-17(18)11-24-22(27-20)32-6)21(31)26-19-9-10-30(28-19)23(3,4)5/h7-11,14-15,25H,12-13H2,1-6H3,(H,26,28,31)/t14-,15-/m1/s1. The van der Waals surface area contributed by atoms with Crippen LogP contribution in [0.25, 0.3) is 10.9 Å². The number of nitrogens with one attached hydrogen (secondary N) is 2. The number of amides is 1. The van der Waals surface area contributed by atoms with E-state index in [0.29, 0.717) is 29.0 Å². The molecule has 2 aromatic heterocycles. The predicted molar refractivity (Wildman–Crippen MR) is 126 cm³/mol. The van der Waals surface area contributed by atoms with Gasteiger partial charge in [0.15, 0.2) is 5.82 Å². The summed E-state index contributed by atoms with van der Waals surface area (Å²) in [4.78, 5) is 24.4. The third kappa shape index (κ3) is 4.38. The molecule has 0 saturated carbocycles. The van der Waals surface area contributed by atoms with E-state index in [-0.39, 0.29) is 17.5 Å². The van der Waals surface area contributed by atoms with Gasteiger partial charge in [0.1, 0.15) is 0 Å². The maximum atomic E-state index is 13.2. The molecule has 1 aliphatic heterocycles. The quantitative estimate of drug-likeness (QED) is 0.647. The molecule has 3 aromatic rings. The number of nitrogens with zero attached hydrogens (tertiary/aromatic N) is 5. The lowest BCUT2D eigenvalue weighted by atomic mass is 10.0. The van der Waals surface area contributed by atoms with Crippen molar-refractivity contribution in [1.29, 1.82) is 0 Å². The maximum absolute atomic E-state index is 13.2. The topological polar surface area (TPSA) is 97.2 Å². The minimum atomic E-state index is -0.275. The summed E-state index contributed by atoms with van der Waals surface area (Å²) in [6.07, 6.45) is 3.59. The van der Waals surface area contributed by atoms with Crippen molar-refractivity contribution in [1.82, 2.24) is 25.1 Å². The highest BCUT2D eigenvalue weighted by Crippen LogP contribution is 2.31. The summed E-state index contributed by atoms with van der Waals surface area (Å²) in [7, 11) is 1.52. The van der Waals surface area contributed by atoms with E-state index in [1.165, 1.54) is 7.11 Å². The molecule has 9 heteroatoms. The van der Waals surface area contributed by atoms with E-state index in [2.05, 4.69) is 65.2 Å². The van der Waals surface area contributed by atoms with E-state index < -0.39 is 0 Å². The molecule has 4 rings (SSSR count). The number of hydrogen-bond acceptors (Lipinski definition) is 7. The number of carbonyl (C=O) groups excluding carboxylic acids is 1. The van der Waals surface area contributed by atoms with Crippen molar-refractivity contribution in [3.05, 3.63) is 36.2 Å². The number of rotatable bonds is 4. The Bertz CT molecular complexity index is 1130. The van der Waals surface area contributed by atoms with Crippen LogP contribution in [0.15, 0.2) is 30.6 Å². The Balaban J connectivity index is 1.71. The van der Waals surface area contributed by atoms with E-state index in [1.54, 1.807) is 12.3 Å². The number of aromatic nitrogens is 4. The molecule has 3 heterocycles. The lowest BCUT2D eigenvalue weighted by molar-refractivity contribution is 0.102. The SMILES string of the molecule is COc1ncc2c(N3C[C@@H](C)N[C@H](C)C3)ccc(C(=O)Nc3ccn(C(C)(C)C)n3)c2n1. The van der Waals surface area contributed by atoms with Gasteiger partial charge in [-0.3, -0.25) is 9.48 Å². The zero-order chi connectivity index (χ0) is 23.0. The van der Waals surface area contributed by atoms with Crippen LogP contribution in [-0.4, -0.2) is 57.9 Å². The molecule has 1 saturated heterocycles. The van der Waals surface area contributed by atoms with Crippen molar-refractivity contribution in [3.63, 3.8) is 0 Å². The van der Waals surface area contributed by atoms with Crippen LogP contribution < -0.4 is 20.3 Å². The molecule has 0 aliphatic carbocycles. The Kier molecular flexibility index (Phi) is 5.77. The summed E-state index contributed by atoms with van der Waals surface area (Å²) in [6.45, 7) is 12.2. The average Bonchev–Trinajstić information content (AvgIpc) is 3.20. The molecule has 2 atom stereocenters. The number of benzene rings is 1. The lowest BCUT2D eigenvalue weighted by Crippen LogP contribution is -2.54. The maximum Gasteiger partial charge on any atom is 0.316 e. The highest BCUT2D eigenvalue weighted by atomic mass is 16.5. The monoisotopic (exact) mass is 437 g/mol. The Morgan fingerprint density at radius 2 is 1.91 bits per heavy atom. The van der Waals surface area contributed by atoms with Gasteiger partial charge < -0.3 is 20.3 Å². The van der Waals surface area contributed by atoms with E-state index in [0.717, 1.165) is 24.2 Å². The van der Waals surface area contributed by atoms with Crippen molar-refractivity contribution in [2.75, 3.05) is 30.4 Å². The summed E-state index contributed by atoms with van der Waals surface area (Å²) in [5.74, 6) is 0.219. The smallest absolute Gasteiger partial charge is 0.316 e. The molecule has 0 spiro atoms. The van der Waals surface area contributed by atoms with Crippen LogP contribution >= 0.6 is 0 Å². The molecule has 1 fully saturated rings. The molecule has 9 nitrogen and oxygen atoms in total. The van der Waals surface area contributed by atoms with Crippen LogP contribution in [0.3, 0.4) is 0 Å². The van der Waals surface area contributed by atoms with Crippen LogP contribution in [0.1, 0.15) is 45.0 Å². The van der Waals surface area contributed by atoms with Gasteiger partial charge in [0, 0.05) is 54.7 Å². The van der Waals surface area contributed by atoms with E-state index in [4.69, 9.17) is 4.74 Å². The fourth-order valence-corrected chi connectivity index (χ4v) is 4.12. The minimum absolute atomic E-state index is 0.171. The summed E-state index contributed by atoms with van der Waals surface area (Å²) in [5.41, 5.74) is 1.85. The molecule has 170 valence electrons. The first-order valence-electron chi connectivity index (χ1n) is 10.9. The van der Waals surface area contributed by atoms with Gasteiger partial charge in [-0.05, 0) is 46.8 Å². The molecule has 0 unspecified atom stereocenters. The van der Waals surface area contributed by atoms with Crippen LogP contribution in [0, 0.1) is 0 Å². The molecule has 0 bridgehead atoms. The third-order valence-electron chi connectivity index (χ3n) is 5.55. The van der Waals surface area contributed by atoms with Gasteiger partial charge in [0.25, 0.3) is 5.91 Å². The summed E-state index contributed by atoms with van der Waals surface area (Å²) >= 11 is 0. The highest BCUT2D eigenvalue weighted by Gasteiger charge is 2.25. The second-order valence-electron chi connectivity index (χ2n) is 9.40. The number of hydrogen-bond donors (Lipinski definition) is 2. The van der Waals surface area contributed by atoms with E-state index in [1.807, 2.05) is 23.0 Å². The predicted octanol–water partition coefficient (Wildman–Crippen LogP) is 3.03. The Hall–Kier alpha value is -3.20. The Morgan fingerprint density at radius 1 is 1.19 bits per heavy atom. The summed E-state index contributed by atoms with van der Waals surface area (Å²) in [6, 6.07) is 6.52. The number of anilines is 2. The fraction of sp³-hybridized carbons (Fsp3) is 0.478. The van der Waals surface area contributed by atoms with Gasteiger partial charge in [-0.2, -0.15) is 10.1 Å². The Morgan fingerprint density at radius 3 is 2.53 bits per heavy atom. The van der Waals surface area contributed by atoms with Gasteiger partial charge >= 0.3 is 6.01 Å². The van der Waals surface area contributed by atoms with Crippen molar-refractivity contribution in [2.45, 2.75) is 52.2 Å². The molecule has 32 heavy (non-hydrogen) atoms. The zero-order valence-corrected chi connectivity index (χ0v) is 19.5. The summed E-state index contributed by atoms with van der Waals surface area (Å²) < 4.78 is 7.06. The molecule has 1 amide bonds. The van der Waals surface area contributed by atoms with Gasteiger partial charge in [0.05, 0.1) is 23.7 Å². The number of fused-ring (bicyclic) bond motifs is 1. The zero-order valence-electron chi connectivity index (χ0n) is 19.5. The average molecular weight is 438 g/mol. The van der Waals surface area contributed by atoms with Gasteiger partial charge in [-0.15, -0.1) is 0 Å². The molecule has 1 aromatic carbocycles. The molecular weight excluding hydrogens is 406 g/mol. The van der Waals surface area contributed by atoms with E-state index in [9.17, 15) is 4.79 Å². The molecular formula is C23H31N7O2. The highest BCUT2D eigenvalue weighted by molar-refractivity contribution is 6.13.